The molecule has 100 valence electrons. The van der Waals surface area contributed by atoms with E-state index in [1.165, 1.54) is 6.92 Å². The lowest BCUT2D eigenvalue weighted by molar-refractivity contribution is -0.141. The summed E-state index contributed by atoms with van der Waals surface area (Å²) < 4.78 is 1.71. The van der Waals surface area contributed by atoms with Crippen LogP contribution in [0.1, 0.15) is 12.6 Å². The lowest BCUT2D eigenvalue weighted by atomic mass is 10.1. The minimum absolute atomic E-state index is 0.0684. The van der Waals surface area contributed by atoms with Crippen molar-refractivity contribution in [1.29, 1.82) is 0 Å². The number of nitrogens with one attached hydrogen (secondary N) is 1. The second kappa shape index (κ2) is 5.09. The van der Waals surface area contributed by atoms with E-state index in [1.54, 1.807) is 4.68 Å². The van der Waals surface area contributed by atoms with Gasteiger partial charge in [-0.25, -0.2) is 0 Å². The van der Waals surface area contributed by atoms with Crippen LogP contribution in [0, 0.1) is 0 Å². The van der Waals surface area contributed by atoms with E-state index in [4.69, 9.17) is 5.11 Å². The number of hydrogen-bond donors (Lipinski definition) is 2. The number of rotatable bonds is 4. The smallest absolute Gasteiger partial charge is 0.325 e. The molecule has 0 spiro atoms. The van der Waals surface area contributed by atoms with Crippen LogP contribution < -0.4 is 5.32 Å². The summed E-state index contributed by atoms with van der Waals surface area (Å²) in [5.41, 5.74) is 1.59. The predicted octanol–water partition coefficient (Wildman–Crippen LogP) is 0.705. The lowest BCUT2D eigenvalue weighted by Crippen LogP contribution is -2.39. The number of benzene rings is 1. The van der Waals surface area contributed by atoms with Gasteiger partial charge >= 0.3 is 5.97 Å². The largest absolute Gasteiger partial charge is 0.480 e. The molecule has 0 fully saturated rings. The van der Waals surface area contributed by atoms with E-state index in [0.717, 1.165) is 10.9 Å². The zero-order valence-corrected chi connectivity index (χ0v) is 10.8. The lowest BCUT2D eigenvalue weighted by Gasteiger charge is -2.08. The molecule has 6 nitrogen and oxygen atoms in total. The first kappa shape index (κ1) is 13.1. The van der Waals surface area contributed by atoms with Crippen molar-refractivity contribution in [2.75, 3.05) is 0 Å². The number of hydrogen-bond acceptors (Lipinski definition) is 3. The summed E-state index contributed by atoms with van der Waals surface area (Å²) >= 11 is 0. The Balaban J connectivity index is 2.18. The summed E-state index contributed by atoms with van der Waals surface area (Å²) in [7, 11) is 1.81. The third-order valence-corrected chi connectivity index (χ3v) is 2.91. The Bertz CT molecular complexity index is 633. The van der Waals surface area contributed by atoms with Gasteiger partial charge in [0.2, 0.25) is 5.91 Å². The van der Waals surface area contributed by atoms with Crippen LogP contribution in [0.2, 0.25) is 0 Å². The van der Waals surface area contributed by atoms with Gasteiger partial charge < -0.3 is 10.4 Å². The van der Waals surface area contributed by atoms with E-state index < -0.39 is 12.0 Å². The summed E-state index contributed by atoms with van der Waals surface area (Å²) in [6, 6.07) is 6.70. The van der Waals surface area contributed by atoms with Gasteiger partial charge in [0.1, 0.15) is 6.04 Å². The van der Waals surface area contributed by atoms with Gasteiger partial charge in [0.15, 0.2) is 0 Å². The molecule has 1 aromatic carbocycles. The van der Waals surface area contributed by atoms with Gasteiger partial charge in [0.05, 0.1) is 17.6 Å². The molecule has 0 saturated heterocycles. The average molecular weight is 261 g/mol. The Kier molecular flexibility index (Phi) is 3.50. The van der Waals surface area contributed by atoms with E-state index in [0.29, 0.717) is 5.69 Å². The van der Waals surface area contributed by atoms with Crippen molar-refractivity contribution in [2.24, 2.45) is 7.05 Å². The number of fused-ring (bicyclic) bond motifs is 1. The molecule has 0 unspecified atom stereocenters. The van der Waals surface area contributed by atoms with Crippen molar-refractivity contribution in [3.63, 3.8) is 0 Å². The average Bonchev–Trinajstić information content (AvgIpc) is 2.67. The summed E-state index contributed by atoms with van der Waals surface area (Å²) in [6.07, 6.45) is 0.0684. The van der Waals surface area contributed by atoms with E-state index in [1.807, 2.05) is 31.3 Å². The van der Waals surface area contributed by atoms with Crippen LogP contribution >= 0.6 is 0 Å². The van der Waals surface area contributed by atoms with Crippen molar-refractivity contribution in [2.45, 2.75) is 19.4 Å². The molecule has 0 aliphatic carbocycles. The molecular weight excluding hydrogens is 246 g/mol. The number of aromatic nitrogens is 2. The standard InChI is InChI=1S/C13H15N3O3/c1-8(13(18)19)14-12(17)7-10-9-5-3-4-6-11(9)16(2)15-10/h3-6,8H,7H2,1-2H3,(H,14,17)(H,18,19)/t8-/m0/s1. The van der Waals surface area contributed by atoms with Crippen molar-refractivity contribution in [3.8, 4) is 0 Å². The number of carboxylic acid groups (broad SMARTS) is 1. The number of para-hydroxylation sites is 1. The second-order valence-electron chi connectivity index (χ2n) is 4.39. The third kappa shape index (κ3) is 2.73. The fourth-order valence-corrected chi connectivity index (χ4v) is 1.93. The molecule has 1 amide bonds. The molecule has 1 aromatic heterocycles. The maximum absolute atomic E-state index is 11.8. The van der Waals surface area contributed by atoms with Crippen LogP contribution in [-0.4, -0.2) is 32.8 Å². The number of aliphatic carboxylic acids is 1. The zero-order valence-electron chi connectivity index (χ0n) is 10.8. The van der Waals surface area contributed by atoms with E-state index >= 15 is 0 Å². The molecule has 1 heterocycles. The fourth-order valence-electron chi connectivity index (χ4n) is 1.93. The Hall–Kier alpha value is -2.37. The topological polar surface area (TPSA) is 84.2 Å². The molecule has 0 bridgehead atoms. The predicted molar refractivity (Wildman–Crippen MR) is 69.7 cm³/mol. The van der Waals surface area contributed by atoms with Crippen molar-refractivity contribution < 1.29 is 14.7 Å². The highest BCUT2D eigenvalue weighted by atomic mass is 16.4. The number of carboxylic acids is 1. The van der Waals surface area contributed by atoms with Crippen LogP contribution in [-0.2, 0) is 23.1 Å². The molecule has 0 radical (unpaired) electrons. The van der Waals surface area contributed by atoms with E-state index in [-0.39, 0.29) is 12.3 Å². The minimum atomic E-state index is -1.06. The molecule has 1 atom stereocenters. The highest BCUT2D eigenvalue weighted by molar-refractivity contribution is 5.89. The quantitative estimate of drug-likeness (QED) is 0.848. The summed E-state index contributed by atoms with van der Waals surface area (Å²) in [6.45, 7) is 1.43. The van der Waals surface area contributed by atoms with Gasteiger partial charge in [-0.3, -0.25) is 14.3 Å². The van der Waals surface area contributed by atoms with E-state index in [9.17, 15) is 9.59 Å². The molecule has 2 aromatic rings. The fraction of sp³-hybridized carbons (Fsp3) is 0.308. The summed E-state index contributed by atoms with van der Waals surface area (Å²) in [4.78, 5) is 22.4. The SMILES string of the molecule is C[C@H](NC(=O)Cc1nn(C)c2ccccc12)C(=O)O. The third-order valence-electron chi connectivity index (χ3n) is 2.91. The van der Waals surface area contributed by atoms with Crippen molar-refractivity contribution in [1.82, 2.24) is 15.1 Å². The number of nitrogens with zero attached hydrogens (tertiary/aromatic N) is 2. The van der Waals surface area contributed by atoms with Crippen molar-refractivity contribution >= 4 is 22.8 Å². The second-order valence-corrected chi connectivity index (χ2v) is 4.39. The highest BCUT2D eigenvalue weighted by Crippen LogP contribution is 2.17. The number of amides is 1. The Morgan fingerprint density at radius 3 is 2.79 bits per heavy atom. The van der Waals surface area contributed by atoms with Gasteiger partial charge in [0, 0.05) is 12.4 Å². The Morgan fingerprint density at radius 1 is 1.42 bits per heavy atom. The van der Waals surface area contributed by atoms with E-state index in [2.05, 4.69) is 10.4 Å². The molecule has 0 saturated carbocycles. The Labute approximate surface area is 110 Å². The van der Waals surface area contributed by atoms with Crippen LogP contribution in [0.15, 0.2) is 24.3 Å². The summed E-state index contributed by atoms with van der Waals surface area (Å²) in [5.74, 6) is -1.40. The minimum Gasteiger partial charge on any atom is -0.480 e. The monoisotopic (exact) mass is 261 g/mol. The highest BCUT2D eigenvalue weighted by Gasteiger charge is 2.16. The van der Waals surface area contributed by atoms with Crippen LogP contribution in [0.4, 0.5) is 0 Å². The maximum atomic E-state index is 11.8. The molecule has 2 N–H and O–H groups in total. The molecule has 0 aliphatic heterocycles. The van der Waals surface area contributed by atoms with Crippen LogP contribution in [0.3, 0.4) is 0 Å². The van der Waals surface area contributed by atoms with Gasteiger partial charge in [-0.05, 0) is 13.0 Å². The van der Waals surface area contributed by atoms with Gasteiger partial charge in [-0.1, -0.05) is 18.2 Å². The number of aryl methyl sites for hydroxylation is 1. The molecular formula is C13H15N3O3. The normalized spacial score (nSPS) is 12.3. The first-order valence-electron chi connectivity index (χ1n) is 5.92. The molecule has 19 heavy (non-hydrogen) atoms. The van der Waals surface area contributed by atoms with Gasteiger partial charge in [0.25, 0.3) is 0 Å². The first-order valence-corrected chi connectivity index (χ1v) is 5.92. The molecule has 0 aliphatic rings. The van der Waals surface area contributed by atoms with Gasteiger partial charge in [-0.15, -0.1) is 0 Å². The van der Waals surface area contributed by atoms with Crippen LogP contribution in [0.5, 0.6) is 0 Å². The number of carbonyl (C=O) groups excluding carboxylic acids is 1. The van der Waals surface area contributed by atoms with Crippen molar-refractivity contribution in [3.05, 3.63) is 30.0 Å². The summed E-state index contributed by atoms with van der Waals surface area (Å²) in [5, 5.41) is 16.3. The number of carbonyl (C=O) groups is 2. The Morgan fingerprint density at radius 2 is 2.11 bits per heavy atom. The molecule has 2 rings (SSSR count). The molecule has 6 heteroatoms. The van der Waals surface area contributed by atoms with Crippen LogP contribution in [0.25, 0.3) is 10.9 Å². The van der Waals surface area contributed by atoms with Gasteiger partial charge in [-0.2, -0.15) is 5.10 Å². The first-order chi connectivity index (χ1) is 8.99. The zero-order chi connectivity index (χ0) is 14.0. The maximum Gasteiger partial charge on any atom is 0.325 e.